The Labute approximate surface area is 201 Å². The number of carbonyl (C=O) groups is 2. The van der Waals surface area contributed by atoms with Gasteiger partial charge in [-0.05, 0) is 37.1 Å². The second-order valence-corrected chi connectivity index (χ2v) is 8.43. The number of aliphatic carboxylic acids is 1. The Morgan fingerprint density at radius 1 is 1.12 bits per heavy atom. The Morgan fingerprint density at radius 2 is 1.82 bits per heavy atom. The van der Waals surface area contributed by atoms with Crippen molar-refractivity contribution in [2.24, 2.45) is 0 Å². The van der Waals surface area contributed by atoms with Gasteiger partial charge >= 0.3 is 12.1 Å². The van der Waals surface area contributed by atoms with Crippen LogP contribution in [0.15, 0.2) is 66.9 Å². The van der Waals surface area contributed by atoms with Gasteiger partial charge in [-0.3, -0.25) is 15.1 Å². The Balaban J connectivity index is 1.36. The molecule has 1 fully saturated rings. The summed E-state index contributed by atoms with van der Waals surface area (Å²) in [5.41, 5.74) is 8.51. The van der Waals surface area contributed by atoms with Crippen molar-refractivity contribution in [3.8, 4) is 11.1 Å². The lowest BCUT2D eigenvalue weighted by Crippen LogP contribution is -2.40. The second-order valence-electron chi connectivity index (χ2n) is 8.43. The van der Waals surface area contributed by atoms with Crippen LogP contribution in [0.2, 0.25) is 0 Å². The van der Waals surface area contributed by atoms with Crippen molar-refractivity contribution in [1.82, 2.24) is 15.2 Å². The molecule has 1 heterocycles. The van der Waals surface area contributed by atoms with Crippen molar-refractivity contribution in [2.75, 3.05) is 38.7 Å². The number of amides is 1. The average Bonchev–Trinajstić information content (AvgIpc) is 2.84. The Bertz CT molecular complexity index is 943. The Hall–Kier alpha value is -3.52. The summed E-state index contributed by atoms with van der Waals surface area (Å²) in [7, 11) is 1.95. The van der Waals surface area contributed by atoms with E-state index < -0.39 is 12.1 Å². The number of carbonyl (C=O) groups excluding carboxylic acids is 1. The predicted molar refractivity (Wildman–Crippen MR) is 133 cm³/mol. The molecule has 1 saturated heterocycles. The number of anilines is 1. The zero-order valence-electron chi connectivity index (χ0n) is 19.7. The third kappa shape index (κ3) is 8.44. The first-order chi connectivity index (χ1) is 16.5. The number of piperidine rings is 1. The number of hydrazine groups is 1. The number of rotatable bonds is 11. The zero-order chi connectivity index (χ0) is 24.2. The first kappa shape index (κ1) is 25.1. The molecule has 182 valence electrons. The fourth-order valence-electron chi connectivity index (χ4n) is 3.90. The van der Waals surface area contributed by atoms with Gasteiger partial charge < -0.3 is 14.7 Å². The normalized spacial score (nSPS) is 14.6. The third-order valence-corrected chi connectivity index (χ3v) is 5.74. The summed E-state index contributed by atoms with van der Waals surface area (Å²) in [6, 6.07) is 17.8. The van der Waals surface area contributed by atoms with Crippen LogP contribution in [0.1, 0.15) is 25.7 Å². The quantitative estimate of drug-likeness (QED) is 0.428. The molecule has 0 aliphatic carbocycles. The number of hydrogen-bond acceptors (Lipinski definition) is 6. The molecule has 8 heteroatoms. The standard InChI is InChI=1S/C26H34N4O4/c1-29(16-7-13-25(31)32)17-8-18-30-19-14-22(15-20-30)34-26(33)28-27-24-12-6-5-11-23(24)21-9-3-2-4-10-21/h2-6,8-12,17,22,27H,7,13-16,18-20H2,1H3,(H,28,33)(H,31,32). The van der Waals surface area contributed by atoms with Gasteiger partial charge in [-0.15, -0.1) is 0 Å². The predicted octanol–water partition coefficient (Wildman–Crippen LogP) is 4.18. The lowest BCUT2D eigenvalue weighted by Gasteiger charge is -2.31. The maximum atomic E-state index is 12.3. The van der Waals surface area contributed by atoms with Crippen LogP contribution < -0.4 is 10.9 Å². The van der Waals surface area contributed by atoms with E-state index in [4.69, 9.17) is 9.84 Å². The topological polar surface area (TPSA) is 94.1 Å². The summed E-state index contributed by atoms with van der Waals surface area (Å²) < 4.78 is 5.60. The smallest absolute Gasteiger partial charge is 0.426 e. The molecule has 0 atom stereocenters. The number of nitrogens with zero attached hydrogens (tertiary/aromatic N) is 2. The van der Waals surface area contributed by atoms with Crippen molar-refractivity contribution in [1.29, 1.82) is 0 Å². The fraction of sp³-hybridized carbons (Fsp3) is 0.385. The highest BCUT2D eigenvalue weighted by Gasteiger charge is 2.21. The van der Waals surface area contributed by atoms with Gasteiger partial charge in [0.25, 0.3) is 0 Å². The maximum Gasteiger partial charge on any atom is 0.426 e. The molecule has 8 nitrogen and oxygen atoms in total. The molecule has 3 N–H and O–H groups in total. The number of likely N-dealkylation sites (tertiary alicyclic amines) is 1. The minimum Gasteiger partial charge on any atom is -0.481 e. The van der Waals surface area contributed by atoms with Crippen LogP contribution in [-0.2, 0) is 9.53 Å². The summed E-state index contributed by atoms with van der Waals surface area (Å²) in [6.07, 6.45) is 5.89. The van der Waals surface area contributed by atoms with Crippen molar-refractivity contribution in [3.63, 3.8) is 0 Å². The van der Waals surface area contributed by atoms with Gasteiger partial charge in [0.15, 0.2) is 0 Å². The number of para-hydroxylation sites is 1. The van der Waals surface area contributed by atoms with Crippen LogP contribution in [0.25, 0.3) is 11.1 Å². The van der Waals surface area contributed by atoms with E-state index in [9.17, 15) is 9.59 Å². The van der Waals surface area contributed by atoms with Crippen LogP contribution in [0.3, 0.4) is 0 Å². The Kier molecular flexibility index (Phi) is 9.79. The molecular formula is C26H34N4O4. The van der Waals surface area contributed by atoms with E-state index in [2.05, 4.69) is 21.8 Å². The monoisotopic (exact) mass is 466 g/mol. The van der Waals surface area contributed by atoms with Crippen LogP contribution >= 0.6 is 0 Å². The van der Waals surface area contributed by atoms with Crippen LogP contribution in [0, 0.1) is 0 Å². The average molecular weight is 467 g/mol. The van der Waals surface area contributed by atoms with E-state index in [0.29, 0.717) is 6.42 Å². The molecule has 0 aromatic heterocycles. The van der Waals surface area contributed by atoms with Crippen molar-refractivity contribution >= 4 is 17.7 Å². The van der Waals surface area contributed by atoms with Gasteiger partial charge in [-0.1, -0.05) is 54.6 Å². The summed E-state index contributed by atoms with van der Waals surface area (Å²) in [6.45, 7) is 3.25. The largest absolute Gasteiger partial charge is 0.481 e. The van der Waals surface area contributed by atoms with Gasteiger partial charge in [-0.2, -0.15) is 0 Å². The molecule has 1 amide bonds. The molecule has 1 aliphatic heterocycles. The molecule has 0 unspecified atom stereocenters. The minimum atomic E-state index is -0.760. The lowest BCUT2D eigenvalue weighted by atomic mass is 10.0. The third-order valence-electron chi connectivity index (χ3n) is 5.74. The molecule has 2 aromatic rings. The van der Waals surface area contributed by atoms with E-state index in [1.807, 2.05) is 72.7 Å². The number of benzene rings is 2. The first-order valence-electron chi connectivity index (χ1n) is 11.7. The van der Waals surface area contributed by atoms with Crippen molar-refractivity contribution in [3.05, 3.63) is 66.9 Å². The number of hydrogen-bond donors (Lipinski definition) is 3. The van der Waals surface area contributed by atoms with Crippen LogP contribution in [-0.4, -0.2) is 66.3 Å². The number of carboxylic acid groups (broad SMARTS) is 1. The number of nitrogens with one attached hydrogen (secondary N) is 2. The zero-order valence-corrected chi connectivity index (χ0v) is 19.7. The van der Waals surface area contributed by atoms with Crippen molar-refractivity contribution in [2.45, 2.75) is 31.8 Å². The van der Waals surface area contributed by atoms with Crippen LogP contribution in [0.4, 0.5) is 10.5 Å². The molecule has 0 bridgehead atoms. The van der Waals surface area contributed by atoms with Crippen molar-refractivity contribution < 1.29 is 19.4 Å². The molecule has 0 radical (unpaired) electrons. The van der Waals surface area contributed by atoms with E-state index in [-0.39, 0.29) is 12.5 Å². The van der Waals surface area contributed by atoms with Gasteiger partial charge in [-0.25, -0.2) is 10.2 Å². The summed E-state index contributed by atoms with van der Waals surface area (Å²) in [5.74, 6) is -0.760. The van der Waals surface area contributed by atoms with E-state index in [1.54, 1.807) is 0 Å². The first-order valence-corrected chi connectivity index (χ1v) is 11.7. The van der Waals surface area contributed by atoms with Gasteiger partial charge in [0, 0.05) is 45.2 Å². The van der Waals surface area contributed by atoms with Crippen LogP contribution in [0.5, 0.6) is 0 Å². The van der Waals surface area contributed by atoms with Gasteiger partial charge in [0.05, 0.1) is 5.69 Å². The molecule has 2 aromatic carbocycles. The lowest BCUT2D eigenvalue weighted by molar-refractivity contribution is -0.137. The minimum absolute atomic E-state index is 0.106. The van der Waals surface area contributed by atoms with E-state index in [1.165, 1.54) is 0 Å². The Morgan fingerprint density at radius 3 is 2.56 bits per heavy atom. The molecular weight excluding hydrogens is 432 g/mol. The summed E-state index contributed by atoms with van der Waals surface area (Å²) in [4.78, 5) is 27.2. The SMILES string of the molecule is CN(C=CCN1CCC(OC(=O)NNc2ccccc2-c2ccccc2)CC1)CCCC(=O)O. The molecule has 1 aliphatic rings. The summed E-state index contributed by atoms with van der Waals surface area (Å²) >= 11 is 0. The molecule has 3 rings (SSSR count). The molecule has 0 saturated carbocycles. The molecule has 34 heavy (non-hydrogen) atoms. The van der Waals surface area contributed by atoms with Gasteiger partial charge in [0.2, 0.25) is 0 Å². The van der Waals surface area contributed by atoms with E-state index in [0.717, 1.165) is 55.8 Å². The fourth-order valence-corrected chi connectivity index (χ4v) is 3.90. The highest BCUT2D eigenvalue weighted by molar-refractivity contribution is 5.79. The highest BCUT2D eigenvalue weighted by atomic mass is 16.6. The molecule has 0 spiro atoms. The summed E-state index contributed by atoms with van der Waals surface area (Å²) in [5, 5.41) is 8.70. The van der Waals surface area contributed by atoms with Gasteiger partial charge in [0.1, 0.15) is 6.10 Å². The highest BCUT2D eigenvalue weighted by Crippen LogP contribution is 2.27. The number of carboxylic acids is 1. The maximum absolute atomic E-state index is 12.3. The number of ether oxygens (including phenoxy) is 1. The second kappa shape index (κ2) is 13.3. The van der Waals surface area contributed by atoms with E-state index >= 15 is 0 Å².